The number of hydrogen-bond acceptors (Lipinski definition) is 2. The van der Waals surface area contributed by atoms with Gasteiger partial charge in [0, 0.05) is 35.3 Å². The summed E-state index contributed by atoms with van der Waals surface area (Å²) in [4.78, 5) is 7.25. The van der Waals surface area contributed by atoms with Gasteiger partial charge in [0.1, 0.15) is 0 Å². The molecule has 1 aliphatic heterocycles. The highest BCUT2D eigenvalue weighted by Crippen LogP contribution is 2.32. The Morgan fingerprint density at radius 1 is 1.05 bits per heavy atom. The zero-order chi connectivity index (χ0) is 15.0. The molecule has 0 aliphatic carbocycles. The Morgan fingerprint density at radius 2 is 1.76 bits per heavy atom. The number of halogens is 1. The standard InChI is InChI=1S/C18H23ClN2/c1-18(2,3)17-12-15(19)14-11-13(7-8-16(14)20-17)21-9-5-4-6-10-21/h7-8,11-12H,4-6,9-10H2,1-3H3. The highest BCUT2D eigenvalue weighted by Gasteiger charge is 2.18. The van der Waals surface area contributed by atoms with E-state index in [0.29, 0.717) is 0 Å². The van der Waals surface area contributed by atoms with Crippen LogP contribution in [0.5, 0.6) is 0 Å². The van der Waals surface area contributed by atoms with Crippen LogP contribution in [0.2, 0.25) is 5.02 Å². The fraction of sp³-hybridized carbons (Fsp3) is 0.500. The summed E-state index contributed by atoms with van der Waals surface area (Å²) >= 11 is 6.52. The SMILES string of the molecule is CC(C)(C)c1cc(Cl)c2cc(N3CCCCC3)ccc2n1. The monoisotopic (exact) mass is 302 g/mol. The van der Waals surface area contributed by atoms with Crippen molar-refractivity contribution < 1.29 is 0 Å². The van der Waals surface area contributed by atoms with Gasteiger partial charge in [-0.05, 0) is 43.5 Å². The lowest BCUT2D eigenvalue weighted by atomic mass is 9.91. The molecule has 0 amide bonds. The van der Waals surface area contributed by atoms with Gasteiger partial charge in [-0.1, -0.05) is 32.4 Å². The van der Waals surface area contributed by atoms with Crippen molar-refractivity contribution in [1.82, 2.24) is 4.98 Å². The van der Waals surface area contributed by atoms with E-state index >= 15 is 0 Å². The maximum atomic E-state index is 6.52. The minimum Gasteiger partial charge on any atom is -0.372 e. The van der Waals surface area contributed by atoms with Crippen molar-refractivity contribution >= 4 is 28.2 Å². The number of nitrogens with zero attached hydrogens (tertiary/aromatic N) is 2. The third-order valence-corrected chi connectivity index (χ3v) is 4.54. The van der Waals surface area contributed by atoms with Crippen molar-refractivity contribution in [3.8, 4) is 0 Å². The Kier molecular flexibility index (Phi) is 3.83. The van der Waals surface area contributed by atoms with Gasteiger partial charge in [-0.15, -0.1) is 0 Å². The Hall–Kier alpha value is -1.28. The predicted octanol–water partition coefficient (Wildman–Crippen LogP) is 5.18. The third-order valence-electron chi connectivity index (χ3n) is 4.23. The van der Waals surface area contributed by atoms with E-state index in [1.807, 2.05) is 6.07 Å². The summed E-state index contributed by atoms with van der Waals surface area (Å²) in [6, 6.07) is 8.51. The number of anilines is 1. The second-order valence-corrected chi connectivity index (χ2v) is 7.40. The molecule has 3 heteroatoms. The van der Waals surface area contributed by atoms with E-state index < -0.39 is 0 Å². The molecule has 1 fully saturated rings. The highest BCUT2D eigenvalue weighted by atomic mass is 35.5. The Bertz CT molecular complexity index is 652. The Balaban J connectivity index is 2.04. The molecule has 2 heterocycles. The van der Waals surface area contributed by atoms with E-state index in [9.17, 15) is 0 Å². The first-order valence-electron chi connectivity index (χ1n) is 7.81. The zero-order valence-corrected chi connectivity index (χ0v) is 13.9. The molecule has 1 saturated heterocycles. The lowest BCUT2D eigenvalue weighted by Crippen LogP contribution is -2.29. The molecule has 21 heavy (non-hydrogen) atoms. The number of aromatic nitrogens is 1. The molecule has 0 spiro atoms. The highest BCUT2D eigenvalue weighted by molar-refractivity contribution is 6.35. The van der Waals surface area contributed by atoms with Gasteiger partial charge in [0.2, 0.25) is 0 Å². The minimum atomic E-state index is 0.0172. The van der Waals surface area contributed by atoms with E-state index in [1.165, 1.54) is 24.9 Å². The molecule has 0 saturated carbocycles. The van der Waals surface area contributed by atoms with Gasteiger partial charge in [-0.25, -0.2) is 0 Å². The van der Waals surface area contributed by atoms with E-state index in [1.54, 1.807) is 0 Å². The summed E-state index contributed by atoms with van der Waals surface area (Å²) in [5, 5.41) is 1.87. The summed E-state index contributed by atoms with van der Waals surface area (Å²) in [5.41, 5.74) is 3.33. The van der Waals surface area contributed by atoms with Gasteiger partial charge in [0.05, 0.1) is 10.5 Å². The molecule has 0 bridgehead atoms. The van der Waals surface area contributed by atoms with Crippen LogP contribution < -0.4 is 4.90 Å². The van der Waals surface area contributed by atoms with E-state index in [-0.39, 0.29) is 5.41 Å². The van der Waals surface area contributed by atoms with Gasteiger partial charge in [-0.2, -0.15) is 0 Å². The maximum Gasteiger partial charge on any atom is 0.0722 e. The summed E-state index contributed by atoms with van der Waals surface area (Å²) in [6.07, 6.45) is 3.92. The Morgan fingerprint density at radius 3 is 2.43 bits per heavy atom. The van der Waals surface area contributed by atoms with Crippen LogP contribution in [0.4, 0.5) is 5.69 Å². The fourth-order valence-electron chi connectivity index (χ4n) is 2.91. The molecule has 0 unspecified atom stereocenters. The summed E-state index contributed by atoms with van der Waals surface area (Å²) in [7, 11) is 0. The first-order chi connectivity index (χ1) is 9.95. The van der Waals surface area contributed by atoms with Gasteiger partial charge in [0.15, 0.2) is 0 Å². The second kappa shape index (κ2) is 5.49. The number of piperidine rings is 1. The Labute approximate surface area is 132 Å². The molecular formula is C18H23ClN2. The lowest BCUT2D eigenvalue weighted by molar-refractivity contribution is 0.571. The van der Waals surface area contributed by atoms with Crippen LogP contribution in [0.15, 0.2) is 24.3 Å². The van der Waals surface area contributed by atoms with Crippen molar-refractivity contribution in [2.24, 2.45) is 0 Å². The van der Waals surface area contributed by atoms with E-state index in [2.05, 4.69) is 43.9 Å². The fourth-order valence-corrected chi connectivity index (χ4v) is 3.16. The largest absolute Gasteiger partial charge is 0.372 e. The maximum absolute atomic E-state index is 6.52. The van der Waals surface area contributed by atoms with Crippen LogP contribution in [0.1, 0.15) is 45.7 Å². The molecule has 0 radical (unpaired) electrons. The van der Waals surface area contributed by atoms with Crippen molar-refractivity contribution in [2.75, 3.05) is 18.0 Å². The van der Waals surface area contributed by atoms with Crippen LogP contribution in [0.3, 0.4) is 0 Å². The second-order valence-electron chi connectivity index (χ2n) is 6.99. The normalized spacial score (nSPS) is 16.5. The van der Waals surface area contributed by atoms with Crippen LogP contribution in [0.25, 0.3) is 10.9 Å². The molecule has 3 rings (SSSR count). The molecule has 2 aromatic rings. The molecule has 0 atom stereocenters. The average Bonchev–Trinajstić information content (AvgIpc) is 2.47. The topological polar surface area (TPSA) is 16.1 Å². The van der Waals surface area contributed by atoms with Crippen LogP contribution in [-0.2, 0) is 5.41 Å². The summed E-state index contributed by atoms with van der Waals surface area (Å²) in [6.45, 7) is 8.80. The van der Waals surface area contributed by atoms with Crippen molar-refractivity contribution in [1.29, 1.82) is 0 Å². The number of pyridine rings is 1. The quantitative estimate of drug-likeness (QED) is 0.722. The van der Waals surface area contributed by atoms with Gasteiger partial charge >= 0.3 is 0 Å². The number of benzene rings is 1. The van der Waals surface area contributed by atoms with Crippen molar-refractivity contribution in [3.05, 3.63) is 35.0 Å². The van der Waals surface area contributed by atoms with Crippen LogP contribution in [0, 0.1) is 0 Å². The van der Waals surface area contributed by atoms with Gasteiger partial charge in [0.25, 0.3) is 0 Å². The number of fused-ring (bicyclic) bond motifs is 1. The van der Waals surface area contributed by atoms with Gasteiger partial charge in [-0.3, -0.25) is 4.98 Å². The summed E-state index contributed by atoms with van der Waals surface area (Å²) < 4.78 is 0. The van der Waals surface area contributed by atoms with Crippen LogP contribution in [-0.4, -0.2) is 18.1 Å². The molecule has 112 valence electrons. The molecule has 1 aromatic heterocycles. The predicted molar refractivity (Wildman–Crippen MR) is 91.5 cm³/mol. The first-order valence-corrected chi connectivity index (χ1v) is 8.19. The minimum absolute atomic E-state index is 0.0172. The molecule has 2 nitrogen and oxygen atoms in total. The van der Waals surface area contributed by atoms with E-state index in [0.717, 1.165) is 34.7 Å². The van der Waals surface area contributed by atoms with Crippen molar-refractivity contribution in [2.45, 2.75) is 45.4 Å². The smallest absolute Gasteiger partial charge is 0.0722 e. The number of hydrogen-bond donors (Lipinski definition) is 0. The average molecular weight is 303 g/mol. The van der Waals surface area contributed by atoms with Crippen LogP contribution >= 0.6 is 11.6 Å². The van der Waals surface area contributed by atoms with Crippen molar-refractivity contribution in [3.63, 3.8) is 0 Å². The molecule has 1 aromatic carbocycles. The molecule has 1 aliphatic rings. The van der Waals surface area contributed by atoms with E-state index in [4.69, 9.17) is 16.6 Å². The summed E-state index contributed by atoms with van der Waals surface area (Å²) in [5.74, 6) is 0. The molecule has 0 N–H and O–H groups in total. The first kappa shape index (κ1) is 14.6. The molecular weight excluding hydrogens is 280 g/mol. The third kappa shape index (κ3) is 3.01. The van der Waals surface area contributed by atoms with Gasteiger partial charge < -0.3 is 4.90 Å². The zero-order valence-electron chi connectivity index (χ0n) is 13.1. The number of rotatable bonds is 1. The lowest BCUT2D eigenvalue weighted by Gasteiger charge is -2.29.